The van der Waals surface area contributed by atoms with Crippen LogP contribution in [0.4, 0.5) is 4.39 Å². The number of benzene rings is 2. The highest BCUT2D eigenvalue weighted by molar-refractivity contribution is 6.30. The summed E-state index contributed by atoms with van der Waals surface area (Å²) in [7, 11) is 0. The van der Waals surface area contributed by atoms with Crippen molar-refractivity contribution in [3.05, 3.63) is 58.9 Å². The van der Waals surface area contributed by atoms with Gasteiger partial charge in [-0.15, -0.1) is 12.4 Å². The van der Waals surface area contributed by atoms with Crippen molar-refractivity contribution in [3.63, 3.8) is 0 Å². The third kappa shape index (κ3) is 5.67. The Morgan fingerprint density at radius 3 is 2.39 bits per heavy atom. The second kappa shape index (κ2) is 10.8. The summed E-state index contributed by atoms with van der Waals surface area (Å²) in [6, 6.07) is 11.9. The molecule has 0 unspecified atom stereocenters. The molecule has 1 aliphatic heterocycles. The van der Waals surface area contributed by atoms with Crippen molar-refractivity contribution in [2.75, 3.05) is 26.2 Å². The molecular formula is C21H25Cl2FN2O2. The Morgan fingerprint density at radius 2 is 1.79 bits per heavy atom. The molecule has 0 saturated carbocycles. The summed E-state index contributed by atoms with van der Waals surface area (Å²) in [6.07, 6.45) is 2.52. The van der Waals surface area contributed by atoms with E-state index >= 15 is 0 Å². The molecule has 7 heteroatoms. The monoisotopic (exact) mass is 426 g/mol. The van der Waals surface area contributed by atoms with Gasteiger partial charge in [0.15, 0.2) is 0 Å². The number of carbonyl (C=O) groups excluding carboxylic acids is 1. The zero-order chi connectivity index (χ0) is 19.2. The average Bonchev–Trinajstić information content (AvgIpc) is 2.69. The van der Waals surface area contributed by atoms with Gasteiger partial charge in [0, 0.05) is 24.7 Å². The molecule has 152 valence electrons. The summed E-state index contributed by atoms with van der Waals surface area (Å²) in [6.45, 7) is 2.41. The average molecular weight is 427 g/mol. The maximum atomic E-state index is 14.6. The Hall–Kier alpha value is -1.66. The van der Waals surface area contributed by atoms with Gasteiger partial charge in [-0.05, 0) is 61.2 Å². The van der Waals surface area contributed by atoms with Gasteiger partial charge in [0.1, 0.15) is 5.82 Å². The number of hydrogen-bond donors (Lipinski definition) is 1. The van der Waals surface area contributed by atoms with Crippen molar-refractivity contribution in [1.82, 2.24) is 4.90 Å². The first-order chi connectivity index (χ1) is 13.1. The zero-order valence-electron chi connectivity index (χ0n) is 15.6. The number of piperidine rings is 1. The van der Waals surface area contributed by atoms with E-state index in [9.17, 15) is 9.18 Å². The second-order valence-corrected chi connectivity index (χ2v) is 7.14. The van der Waals surface area contributed by atoms with Crippen molar-refractivity contribution in [3.8, 4) is 11.1 Å². The Morgan fingerprint density at radius 1 is 1.14 bits per heavy atom. The SMILES string of the molecule is Cl.NCCCOC1CCN(C(=O)c2ccc(-c3ccc(Cl)cc3)cc2F)CC1. The molecule has 0 atom stereocenters. The molecule has 1 fully saturated rings. The van der Waals surface area contributed by atoms with Gasteiger partial charge >= 0.3 is 0 Å². The van der Waals surface area contributed by atoms with E-state index < -0.39 is 5.82 Å². The number of hydrogen-bond acceptors (Lipinski definition) is 3. The standard InChI is InChI=1S/C21H24ClFN2O2.ClH/c22-17-5-2-15(3-6-17)16-4-7-19(20(23)14-16)21(26)25-11-8-18(9-12-25)27-13-1-10-24;/h2-7,14,18H,1,8-13,24H2;1H. The molecule has 0 spiro atoms. The number of nitrogens with two attached hydrogens (primary N) is 1. The molecule has 4 nitrogen and oxygen atoms in total. The molecule has 1 saturated heterocycles. The molecule has 1 aliphatic rings. The van der Waals surface area contributed by atoms with E-state index in [2.05, 4.69) is 0 Å². The first-order valence-corrected chi connectivity index (χ1v) is 9.62. The van der Waals surface area contributed by atoms with Gasteiger partial charge in [0.2, 0.25) is 0 Å². The van der Waals surface area contributed by atoms with Crippen molar-refractivity contribution in [2.45, 2.75) is 25.4 Å². The maximum absolute atomic E-state index is 14.6. The Kier molecular flexibility index (Phi) is 8.70. The van der Waals surface area contributed by atoms with Crippen LogP contribution in [-0.2, 0) is 4.74 Å². The number of carbonyl (C=O) groups is 1. The van der Waals surface area contributed by atoms with Crippen molar-refractivity contribution in [2.24, 2.45) is 5.73 Å². The van der Waals surface area contributed by atoms with Crippen LogP contribution in [0.1, 0.15) is 29.6 Å². The van der Waals surface area contributed by atoms with Gasteiger partial charge in [0.25, 0.3) is 5.91 Å². The number of ether oxygens (including phenoxy) is 1. The fourth-order valence-electron chi connectivity index (χ4n) is 3.24. The summed E-state index contributed by atoms with van der Waals surface area (Å²) < 4.78 is 20.3. The van der Waals surface area contributed by atoms with Crippen LogP contribution in [0.25, 0.3) is 11.1 Å². The van der Waals surface area contributed by atoms with E-state index in [1.54, 1.807) is 29.2 Å². The Bertz CT molecular complexity index is 778. The second-order valence-electron chi connectivity index (χ2n) is 6.71. The first-order valence-electron chi connectivity index (χ1n) is 9.25. The number of amides is 1. The lowest BCUT2D eigenvalue weighted by Crippen LogP contribution is -2.41. The minimum Gasteiger partial charge on any atom is -0.378 e. The predicted molar refractivity (Wildman–Crippen MR) is 113 cm³/mol. The van der Waals surface area contributed by atoms with E-state index in [0.29, 0.717) is 36.8 Å². The number of halogens is 3. The molecule has 0 aliphatic carbocycles. The van der Waals surface area contributed by atoms with Crippen LogP contribution >= 0.6 is 24.0 Å². The molecule has 3 rings (SSSR count). The lowest BCUT2D eigenvalue weighted by atomic mass is 10.0. The van der Waals surface area contributed by atoms with E-state index in [1.807, 2.05) is 12.1 Å². The van der Waals surface area contributed by atoms with Gasteiger partial charge < -0.3 is 15.4 Å². The number of likely N-dealkylation sites (tertiary alicyclic amines) is 1. The van der Waals surface area contributed by atoms with Gasteiger partial charge in [0.05, 0.1) is 11.7 Å². The van der Waals surface area contributed by atoms with E-state index in [4.69, 9.17) is 22.1 Å². The minimum atomic E-state index is -0.506. The summed E-state index contributed by atoms with van der Waals surface area (Å²) in [4.78, 5) is 14.4. The highest BCUT2D eigenvalue weighted by Gasteiger charge is 2.25. The predicted octanol–water partition coefficient (Wildman–Crippen LogP) is 4.54. The van der Waals surface area contributed by atoms with Crippen LogP contribution in [0.5, 0.6) is 0 Å². The van der Waals surface area contributed by atoms with Gasteiger partial charge in [-0.2, -0.15) is 0 Å². The van der Waals surface area contributed by atoms with Gasteiger partial charge in [-0.25, -0.2) is 4.39 Å². The molecule has 1 amide bonds. The van der Waals surface area contributed by atoms with Crippen LogP contribution < -0.4 is 5.73 Å². The van der Waals surface area contributed by atoms with E-state index in [1.165, 1.54) is 6.07 Å². The molecule has 0 aromatic heterocycles. The molecule has 2 aromatic carbocycles. The fraction of sp³-hybridized carbons (Fsp3) is 0.381. The fourth-order valence-corrected chi connectivity index (χ4v) is 3.37. The van der Waals surface area contributed by atoms with E-state index in [-0.39, 0.29) is 30.0 Å². The summed E-state index contributed by atoms with van der Waals surface area (Å²) in [5, 5.41) is 0.626. The van der Waals surface area contributed by atoms with E-state index in [0.717, 1.165) is 24.8 Å². The van der Waals surface area contributed by atoms with Gasteiger partial charge in [-0.3, -0.25) is 4.79 Å². The third-order valence-electron chi connectivity index (χ3n) is 4.81. The molecule has 2 N–H and O–H groups in total. The largest absolute Gasteiger partial charge is 0.378 e. The highest BCUT2D eigenvalue weighted by Crippen LogP contribution is 2.25. The van der Waals surface area contributed by atoms with Crippen LogP contribution in [-0.4, -0.2) is 43.2 Å². The van der Waals surface area contributed by atoms with Crippen LogP contribution in [0.15, 0.2) is 42.5 Å². The zero-order valence-corrected chi connectivity index (χ0v) is 17.1. The van der Waals surface area contributed by atoms with Crippen molar-refractivity contribution in [1.29, 1.82) is 0 Å². The van der Waals surface area contributed by atoms with Crippen molar-refractivity contribution >= 4 is 29.9 Å². The third-order valence-corrected chi connectivity index (χ3v) is 5.06. The van der Waals surface area contributed by atoms with Gasteiger partial charge in [-0.1, -0.05) is 29.8 Å². The molecule has 0 radical (unpaired) electrons. The quantitative estimate of drug-likeness (QED) is 0.689. The van der Waals surface area contributed by atoms with Crippen molar-refractivity contribution < 1.29 is 13.9 Å². The molecule has 2 aromatic rings. The number of nitrogens with zero attached hydrogens (tertiary/aromatic N) is 1. The summed E-state index contributed by atoms with van der Waals surface area (Å²) in [5.74, 6) is -0.774. The summed E-state index contributed by atoms with van der Waals surface area (Å²) in [5.41, 5.74) is 7.14. The summed E-state index contributed by atoms with van der Waals surface area (Å²) >= 11 is 5.89. The highest BCUT2D eigenvalue weighted by atomic mass is 35.5. The Balaban J connectivity index is 0.00000280. The molecule has 1 heterocycles. The topological polar surface area (TPSA) is 55.6 Å². The van der Waals surface area contributed by atoms with Crippen LogP contribution in [0.2, 0.25) is 5.02 Å². The normalized spacial score (nSPS) is 14.6. The Labute approximate surface area is 176 Å². The first kappa shape index (κ1) is 22.6. The number of rotatable bonds is 6. The lowest BCUT2D eigenvalue weighted by Gasteiger charge is -2.32. The molecule has 0 bridgehead atoms. The van der Waals surface area contributed by atoms with Crippen LogP contribution in [0.3, 0.4) is 0 Å². The maximum Gasteiger partial charge on any atom is 0.256 e. The molecular weight excluding hydrogens is 402 g/mol. The van der Waals surface area contributed by atoms with Crippen LogP contribution in [0, 0.1) is 5.82 Å². The minimum absolute atomic E-state index is 0. The molecule has 28 heavy (non-hydrogen) atoms. The smallest absolute Gasteiger partial charge is 0.256 e. The lowest BCUT2D eigenvalue weighted by molar-refractivity contribution is 0.00834.